The van der Waals surface area contributed by atoms with Crippen molar-refractivity contribution in [2.24, 2.45) is 0 Å². The van der Waals surface area contributed by atoms with Crippen LogP contribution in [-0.4, -0.2) is 62.3 Å². The third kappa shape index (κ3) is 5.68. The number of likely N-dealkylation sites (N-methyl/N-ethyl adjacent to an activating group) is 1. The Labute approximate surface area is 126 Å². The van der Waals surface area contributed by atoms with Gasteiger partial charge in [0.1, 0.15) is 0 Å². The zero-order valence-corrected chi connectivity index (χ0v) is 14.2. The average molecular weight is 284 g/mol. The summed E-state index contributed by atoms with van der Waals surface area (Å²) in [6.07, 6.45) is 4.19. The highest BCUT2D eigenvalue weighted by Gasteiger charge is 2.24. The fourth-order valence-electron chi connectivity index (χ4n) is 3.09. The maximum atomic E-state index is 3.59. The minimum Gasteiger partial charge on any atom is -0.314 e. The first-order valence-electron chi connectivity index (χ1n) is 8.57. The van der Waals surface area contributed by atoms with E-state index < -0.39 is 0 Å². The summed E-state index contributed by atoms with van der Waals surface area (Å²) in [5.41, 5.74) is 0. The number of nitrogens with zero attached hydrogens (tertiary/aromatic N) is 1. The first kappa shape index (κ1) is 17.9. The van der Waals surface area contributed by atoms with Gasteiger partial charge in [-0.3, -0.25) is 0 Å². The molecule has 0 aliphatic carbocycles. The second kappa shape index (κ2) is 9.72. The van der Waals surface area contributed by atoms with Gasteiger partial charge in [-0.1, -0.05) is 20.3 Å². The number of rotatable bonds is 0. The van der Waals surface area contributed by atoms with Gasteiger partial charge in [-0.2, -0.15) is 0 Å². The van der Waals surface area contributed by atoms with E-state index in [2.05, 4.69) is 41.7 Å². The van der Waals surface area contributed by atoms with Crippen LogP contribution in [0.2, 0.25) is 0 Å². The topological polar surface area (TPSA) is 39.3 Å². The zero-order valence-electron chi connectivity index (χ0n) is 14.2. The SMILES string of the molecule is C1CC2CNCC(C1)N2.CC.CC1NCCN(C)C1C. The summed E-state index contributed by atoms with van der Waals surface area (Å²) in [6, 6.07) is 2.93. The van der Waals surface area contributed by atoms with Gasteiger partial charge >= 0.3 is 0 Å². The van der Waals surface area contributed by atoms with Gasteiger partial charge in [-0.05, 0) is 33.7 Å². The summed E-state index contributed by atoms with van der Waals surface area (Å²) >= 11 is 0. The summed E-state index contributed by atoms with van der Waals surface area (Å²) in [5, 5.41) is 10.4. The van der Waals surface area contributed by atoms with Crippen LogP contribution in [-0.2, 0) is 0 Å². The highest BCUT2D eigenvalue weighted by Crippen LogP contribution is 2.14. The molecule has 0 aromatic heterocycles. The molecule has 3 rings (SSSR count). The van der Waals surface area contributed by atoms with Crippen molar-refractivity contribution in [2.75, 3.05) is 33.2 Å². The van der Waals surface area contributed by atoms with Crippen LogP contribution in [0.25, 0.3) is 0 Å². The van der Waals surface area contributed by atoms with Crippen LogP contribution in [0.4, 0.5) is 0 Å². The van der Waals surface area contributed by atoms with Gasteiger partial charge in [0.2, 0.25) is 0 Å². The maximum Gasteiger partial charge on any atom is 0.0215 e. The Bertz CT molecular complexity index is 208. The summed E-state index contributed by atoms with van der Waals surface area (Å²) < 4.78 is 0. The van der Waals surface area contributed by atoms with Gasteiger partial charge in [0.25, 0.3) is 0 Å². The number of fused-ring (bicyclic) bond motifs is 2. The lowest BCUT2D eigenvalue weighted by molar-refractivity contribution is 0.172. The minimum atomic E-state index is 0.656. The molecule has 3 heterocycles. The van der Waals surface area contributed by atoms with Crippen molar-refractivity contribution in [3.63, 3.8) is 0 Å². The van der Waals surface area contributed by atoms with E-state index in [4.69, 9.17) is 0 Å². The molecule has 3 N–H and O–H groups in total. The van der Waals surface area contributed by atoms with E-state index in [0.717, 1.165) is 18.6 Å². The summed E-state index contributed by atoms with van der Waals surface area (Å²) in [5.74, 6) is 0. The molecule has 4 unspecified atom stereocenters. The molecule has 3 saturated heterocycles. The largest absolute Gasteiger partial charge is 0.314 e. The lowest BCUT2D eigenvalue weighted by Gasteiger charge is -2.36. The van der Waals surface area contributed by atoms with Crippen molar-refractivity contribution >= 4 is 0 Å². The van der Waals surface area contributed by atoms with Gasteiger partial charge in [0.15, 0.2) is 0 Å². The molecule has 2 bridgehead atoms. The fourth-order valence-corrected chi connectivity index (χ4v) is 3.09. The Morgan fingerprint density at radius 2 is 1.60 bits per heavy atom. The molecule has 20 heavy (non-hydrogen) atoms. The Balaban J connectivity index is 0.000000178. The van der Waals surface area contributed by atoms with Crippen LogP contribution in [0.3, 0.4) is 0 Å². The van der Waals surface area contributed by atoms with E-state index >= 15 is 0 Å². The van der Waals surface area contributed by atoms with Crippen LogP contribution >= 0.6 is 0 Å². The molecule has 0 radical (unpaired) electrons. The van der Waals surface area contributed by atoms with Crippen molar-refractivity contribution in [1.29, 1.82) is 0 Å². The summed E-state index contributed by atoms with van der Waals surface area (Å²) in [7, 11) is 2.18. The molecule has 0 saturated carbocycles. The smallest absolute Gasteiger partial charge is 0.0215 e. The lowest BCUT2D eigenvalue weighted by atomic mass is 9.96. The second-order valence-corrected chi connectivity index (χ2v) is 6.11. The zero-order chi connectivity index (χ0) is 15.0. The molecular formula is C16H36N4. The van der Waals surface area contributed by atoms with Crippen molar-refractivity contribution in [2.45, 2.75) is 71.1 Å². The number of hydrogen-bond acceptors (Lipinski definition) is 4. The number of hydrogen-bond donors (Lipinski definition) is 3. The molecule has 4 heteroatoms. The van der Waals surface area contributed by atoms with Gasteiger partial charge < -0.3 is 20.9 Å². The van der Waals surface area contributed by atoms with Crippen molar-refractivity contribution in [1.82, 2.24) is 20.9 Å². The third-order valence-corrected chi connectivity index (χ3v) is 4.71. The molecule has 120 valence electrons. The highest BCUT2D eigenvalue weighted by molar-refractivity contribution is 4.87. The van der Waals surface area contributed by atoms with Gasteiger partial charge in [0, 0.05) is 50.3 Å². The molecule has 0 aromatic rings. The normalized spacial score (nSPS) is 37.0. The van der Waals surface area contributed by atoms with Crippen molar-refractivity contribution in [3.8, 4) is 0 Å². The highest BCUT2D eigenvalue weighted by atomic mass is 15.2. The fraction of sp³-hybridized carbons (Fsp3) is 1.00. The van der Waals surface area contributed by atoms with Crippen LogP contribution < -0.4 is 16.0 Å². The predicted octanol–water partition coefficient (Wildman–Crippen LogP) is 1.42. The quantitative estimate of drug-likeness (QED) is 0.629. The van der Waals surface area contributed by atoms with E-state index in [0.29, 0.717) is 12.1 Å². The minimum absolute atomic E-state index is 0.656. The lowest BCUT2D eigenvalue weighted by Crippen LogP contribution is -2.57. The van der Waals surface area contributed by atoms with E-state index in [1.807, 2.05) is 13.8 Å². The first-order chi connectivity index (χ1) is 9.66. The predicted molar refractivity (Wildman–Crippen MR) is 88.3 cm³/mol. The molecule has 3 aliphatic rings. The molecular weight excluding hydrogens is 248 g/mol. The number of piperazine rings is 2. The van der Waals surface area contributed by atoms with Gasteiger partial charge in [0.05, 0.1) is 0 Å². The second-order valence-electron chi connectivity index (χ2n) is 6.11. The Hall–Kier alpha value is -0.160. The molecule has 0 aromatic carbocycles. The number of piperidine rings is 1. The monoisotopic (exact) mass is 284 g/mol. The summed E-state index contributed by atoms with van der Waals surface area (Å²) in [4.78, 5) is 2.39. The molecule has 3 aliphatic heterocycles. The molecule has 4 nitrogen and oxygen atoms in total. The van der Waals surface area contributed by atoms with Gasteiger partial charge in [-0.15, -0.1) is 0 Å². The van der Waals surface area contributed by atoms with E-state index in [1.54, 1.807) is 0 Å². The van der Waals surface area contributed by atoms with Gasteiger partial charge in [-0.25, -0.2) is 0 Å². The Morgan fingerprint density at radius 3 is 2.05 bits per heavy atom. The summed E-state index contributed by atoms with van der Waals surface area (Å²) in [6.45, 7) is 13.2. The molecule has 4 atom stereocenters. The molecule has 3 fully saturated rings. The van der Waals surface area contributed by atoms with Crippen LogP contribution in [0.15, 0.2) is 0 Å². The standard InChI is InChI=1S/C7H14N2.C7H16N2.C2H6/c1-2-6-4-8-5-7(3-1)9-6;1-6-7(2)9(3)5-4-8-6;1-2/h6-9H,1-5H2;6-8H,4-5H2,1-3H3;1-2H3. The van der Waals surface area contributed by atoms with E-state index in [1.165, 1.54) is 38.9 Å². The van der Waals surface area contributed by atoms with Crippen LogP contribution in [0.5, 0.6) is 0 Å². The first-order valence-corrected chi connectivity index (χ1v) is 8.57. The Kier molecular flexibility index (Phi) is 8.69. The van der Waals surface area contributed by atoms with E-state index in [9.17, 15) is 0 Å². The number of nitrogens with one attached hydrogen (secondary N) is 3. The third-order valence-electron chi connectivity index (χ3n) is 4.71. The maximum absolute atomic E-state index is 3.59. The Morgan fingerprint density at radius 1 is 1.00 bits per heavy atom. The van der Waals surface area contributed by atoms with Crippen LogP contribution in [0.1, 0.15) is 47.0 Å². The molecule has 0 amide bonds. The van der Waals surface area contributed by atoms with Crippen molar-refractivity contribution < 1.29 is 0 Å². The van der Waals surface area contributed by atoms with E-state index in [-0.39, 0.29) is 0 Å². The molecule has 0 spiro atoms. The van der Waals surface area contributed by atoms with Crippen LogP contribution in [0, 0.1) is 0 Å². The average Bonchev–Trinajstić information content (AvgIpc) is 2.48. The van der Waals surface area contributed by atoms with Crippen molar-refractivity contribution in [3.05, 3.63) is 0 Å².